The van der Waals surface area contributed by atoms with Crippen molar-refractivity contribution in [3.63, 3.8) is 0 Å². The molecule has 0 saturated heterocycles. The zero-order chi connectivity index (χ0) is 45.5. The van der Waals surface area contributed by atoms with Crippen LogP contribution in [0.3, 0.4) is 0 Å². The average Bonchev–Trinajstić information content (AvgIpc) is 4.23. The summed E-state index contributed by atoms with van der Waals surface area (Å²) in [5.41, 5.74) is 23.5. The first-order chi connectivity index (χ1) is 34.2. The third-order valence-corrected chi connectivity index (χ3v) is 16.5. The van der Waals surface area contributed by atoms with Gasteiger partial charge in [-0.25, -0.2) is 0 Å². The predicted molar refractivity (Wildman–Crippen MR) is 289 cm³/mol. The second kappa shape index (κ2) is 15.8. The Morgan fingerprint density at radius 2 is 0.797 bits per heavy atom. The summed E-state index contributed by atoms with van der Waals surface area (Å²) in [5.74, 6) is 0. The van der Waals surface area contributed by atoms with Gasteiger partial charge in [0.15, 0.2) is 0 Å². The third kappa shape index (κ3) is 5.82. The molecule has 1 nitrogen and oxygen atoms in total. The maximum atomic E-state index is 2.62. The van der Waals surface area contributed by atoms with Gasteiger partial charge in [0.2, 0.25) is 0 Å². The Balaban J connectivity index is 1.05. The van der Waals surface area contributed by atoms with Crippen LogP contribution in [0.25, 0.3) is 43.5 Å². The molecule has 10 aromatic carbocycles. The molecule has 0 bridgehead atoms. The molecule has 3 aliphatic rings. The van der Waals surface area contributed by atoms with E-state index in [-0.39, 0.29) is 0 Å². The lowest BCUT2D eigenvalue weighted by atomic mass is 9.67. The van der Waals surface area contributed by atoms with E-state index in [1.54, 1.807) is 0 Å². The van der Waals surface area contributed by atoms with Gasteiger partial charge in [0.25, 0.3) is 0 Å². The van der Waals surface area contributed by atoms with Gasteiger partial charge in [0, 0.05) is 21.8 Å². The first-order valence-electron chi connectivity index (χ1n) is 24.4. The normalized spacial score (nSPS) is 14.4. The number of thiophene rings is 1. The Labute approximate surface area is 408 Å². The molecule has 3 aliphatic carbocycles. The number of nitrogens with zero attached hydrogens (tertiary/aromatic N) is 1. The zero-order valence-corrected chi connectivity index (χ0v) is 39.0. The van der Waals surface area contributed by atoms with Crippen molar-refractivity contribution in [3.8, 4) is 33.4 Å². The van der Waals surface area contributed by atoms with Crippen LogP contribution < -0.4 is 4.90 Å². The highest BCUT2D eigenvalue weighted by Gasteiger charge is 2.48. The second-order valence-electron chi connectivity index (χ2n) is 19.0. The van der Waals surface area contributed by atoms with Crippen LogP contribution in [0.5, 0.6) is 0 Å². The molecule has 0 N–H and O–H groups in total. The summed E-state index contributed by atoms with van der Waals surface area (Å²) < 4.78 is 1.34. The van der Waals surface area contributed by atoms with Crippen molar-refractivity contribution in [1.29, 1.82) is 0 Å². The molecule has 0 unspecified atom stereocenters. The van der Waals surface area contributed by atoms with E-state index in [4.69, 9.17) is 0 Å². The van der Waals surface area contributed by atoms with Gasteiger partial charge in [-0.05, 0) is 162 Å². The third-order valence-electron chi connectivity index (χ3n) is 15.7. The number of hydrogen-bond donors (Lipinski definition) is 0. The van der Waals surface area contributed by atoms with Crippen LogP contribution in [0.1, 0.15) is 62.1 Å². The van der Waals surface area contributed by atoms with Crippen molar-refractivity contribution in [1.82, 2.24) is 0 Å². The Bertz CT molecular complexity index is 3500. The molecule has 1 heterocycles. The summed E-state index contributed by atoms with van der Waals surface area (Å²) in [7, 11) is 0. The van der Waals surface area contributed by atoms with Crippen LogP contribution in [0.15, 0.2) is 248 Å². The summed E-state index contributed by atoms with van der Waals surface area (Å²) in [6.07, 6.45) is 3.21. The average molecular weight is 898 g/mol. The topological polar surface area (TPSA) is 3.24 Å². The maximum absolute atomic E-state index is 2.62. The Morgan fingerprint density at radius 1 is 0.348 bits per heavy atom. The number of rotatable bonds is 8. The highest BCUT2D eigenvalue weighted by molar-refractivity contribution is 7.17. The molecule has 0 amide bonds. The van der Waals surface area contributed by atoms with Crippen LogP contribution in [-0.2, 0) is 23.7 Å². The summed E-state index contributed by atoms with van der Waals surface area (Å²) in [4.78, 5) is 2.62. The fourth-order valence-electron chi connectivity index (χ4n) is 12.9. The first kappa shape index (κ1) is 40.1. The Hall–Kier alpha value is -8.04. The lowest BCUT2D eigenvalue weighted by molar-refractivity contribution is 0.767. The van der Waals surface area contributed by atoms with Crippen molar-refractivity contribution < 1.29 is 0 Å². The summed E-state index contributed by atoms with van der Waals surface area (Å²) in [5, 5.41) is 3.52. The smallest absolute Gasteiger partial charge is 0.0714 e. The van der Waals surface area contributed by atoms with Gasteiger partial charge >= 0.3 is 0 Å². The van der Waals surface area contributed by atoms with Crippen molar-refractivity contribution in [3.05, 3.63) is 304 Å². The van der Waals surface area contributed by atoms with E-state index in [1.165, 1.54) is 105 Å². The van der Waals surface area contributed by atoms with Crippen LogP contribution in [0.2, 0.25) is 0 Å². The molecule has 69 heavy (non-hydrogen) atoms. The minimum Gasteiger partial charge on any atom is -0.310 e. The summed E-state index contributed by atoms with van der Waals surface area (Å²) in [6.45, 7) is 0. The van der Waals surface area contributed by atoms with E-state index in [1.807, 2.05) is 11.3 Å². The molecule has 0 atom stereocenters. The van der Waals surface area contributed by atoms with Gasteiger partial charge in [0.1, 0.15) is 0 Å². The zero-order valence-electron chi connectivity index (χ0n) is 38.1. The van der Waals surface area contributed by atoms with E-state index < -0.39 is 10.8 Å². The van der Waals surface area contributed by atoms with Crippen LogP contribution in [0, 0.1) is 0 Å². The van der Waals surface area contributed by atoms with Gasteiger partial charge in [-0.15, -0.1) is 11.3 Å². The molecule has 0 spiro atoms. The molecule has 0 aliphatic heterocycles. The monoisotopic (exact) mass is 897 g/mol. The van der Waals surface area contributed by atoms with Crippen molar-refractivity contribution >= 4 is 38.5 Å². The first-order valence-corrected chi connectivity index (χ1v) is 25.2. The summed E-state index contributed by atoms with van der Waals surface area (Å²) in [6, 6.07) is 91.8. The van der Waals surface area contributed by atoms with Crippen molar-refractivity contribution in [2.24, 2.45) is 0 Å². The van der Waals surface area contributed by atoms with Crippen LogP contribution in [0.4, 0.5) is 17.1 Å². The van der Waals surface area contributed by atoms with Gasteiger partial charge < -0.3 is 4.90 Å². The number of anilines is 3. The predicted octanol–water partition coefficient (Wildman–Crippen LogP) is 17.3. The number of hydrogen-bond acceptors (Lipinski definition) is 2. The van der Waals surface area contributed by atoms with Gasteiger partial charge in [-0.3, -0.25) is 0 Å². The number of benzene rings is 10. The molecule has 326 valence electrons. The van der Waals surface area contributed by atoms with Gasteiger partial charge in [-0.2, -0.15) is 0 Å². The van der Waals surface area contributed by atoms with Crippen molar-refractivity contribution in [2.45, 2.75) is 30.1 Å². The summed E-state index contributed by atoms with van der Waals surface area (Å²) >= 11 is 1.83. The lowest BCUT2D eigenvalue weighted by Gasteiger charge is -2.36. The lowest BCUT2D eigenvalue weighted by Crippen LogP contribution is -2.29. The van der Waals surface area contributed by atoms with Crippen LogP contribution in [-0.4, -0.2) is 0 Å². The van der Waals surface area contributed by atoms with Gasteiger partial charge in [-0.1, -0.05) is 200 Å². The second-order valence-corrected chi connectivity index (χ2v) is 19.9. The molecular formula is C67H47NS. The highest BCUT2D eigenvalue weighted by Crippen LogP contribution is 2.60. The van der Waals surface area contributed by atoms with E-state index >= 15 is 0 Å². The molecular weight excluding hydrogens is 851 g/mol. The van der Waals surface area contributed by atoms with E-state index in [2.05, 4.69) is 253 Å². The fourth-order valence-corrected chi connectivity index (χ4v) is 13.7. The van der Waals surface area contributed by atoms with E-state index in [0.29, 0.717) is 0 Å². The molecule has 0 radical (unpaired) electrons. The molecule has 1 aromatic heterocycles. The maximum Gasteiger partial charge on any atom is 0.0714 e. The van der Waals surface area contributed by atoms with E-state index in [0.717, 1.165) is 30.6 Å². The number of fused-ring (bicyclic) bond motifs is 8. The SMILES string of the molecule is c1ccc(C2(c3ccccc3)c3ccccc3-c3ccc(N(c4ccc5c(c4)C(c4ccccc4)(c4ccccc4)c4ccccc4-5)c4ccc(-c5ccc6ccsc6c5)c5c4CCC5)cc32)cc1. The Kier molecular flexibility index (Phi) is 9.16. The minimum atomic E-state index is -0.530. The largest absolute Gasteiger partial charge is 0.310 e. The molecule has 0 fully saturated rings. The van der Waals surface area contributed by atoms with Crippen molar-refractivity contribution in [2.75, 3.05) is 4.90 Å². The highest BCUT2D eigenvalue weighted by atomic mass is 32.1. The fraction of sp³-hybridized carbons (Fsp3) is 0.0746. The molecule has 0 saturated carbocycles. The van der Waals surface area contributed by atoms with Crippen LogP contribution >= 0.6 is 11.3 Å². The standard InChI is InChI=1S/C67H47NS/c1-5-18-47(19-6-1)66(48-20-7-2-8-21-48)60-30-15-13-26-55(60)57-36-34-51(43-62(57)66)68(64-39-38-53(54-28-17-29-59(54)64)46-33-32-45-40-41-69-65(45)42-46)52-35-37-58-56-27-14-16-31-61(56)67(63(58)44-52,49-22-9-3-10-23-49)50-24-11-4-12-25-50/h1-16,18-27,30-44H,17,28-29H2. The van der Waals surface area contributed by atoms with Gasteiger partial charge in [0.05, 0.1) is 10.8 Å². The Morgan fingerprint density at radius 3 is 1.32 bits per heavy atom. The quantitative estimate of drug-likeness (QED) is 0.147. The van der Waals surface area contributed by atoms with E-state index in [9.17, 15) is 0 Å². The molecule has 14 rings (SSSR count). The minimum absolute atomic E-state index is 0.530. The molecule has 2 heteroatoms. The molecule has 11 aromatic rings.